The van der Waals surface area contributed by atoms with E-state index in [9.17, 15) is 13.2 Å². The standard InChI is InChI=1S/C16H27F3/c1-12-2-6-14(7-3-12)15-8-4-13(5-9-15)10-11-16(17,18)19/h12-15H,2-11H2,1H3/t12-,13-,14-,15-. The van der Waals surface area contributed by atoms with Gasteiger partial charge < -0.3 is 0 Å². The third-order valence-electron chi connectivity index (χ3n) is 5.45. The van der Waals surface area contributed by atoms with E-state index in [0.717, 1.165) is 30.6 Å². The first-order valence-corrected chi connectivity index (χ1v) is 8.01. The van der Waals surface area contributed by atoms with Gasteiger partial charge in [-0.15, -0.1) is 0 Å². The topological polar surface area (TPSA) is 0 Å². The molecule has 3 heteroatoms. The van der Waals surface area contributed by atoms with Gasteiger partial charge in [0.25, 0.3) is 0 Å². The lowest BCUT2D eigenvalue weighted by Gasteiger charge is -2.37. The molecule has 0 nitrogen and oxygen atoms in total. The van der Waals surface area contributed by atoms with Crippen molar-refractivity contribution >= 4 is 0 Å². The molecule has 2 aliphatic carbocycles. The molecule has 0 aliphatic heterocycles. The highest BCUT2D eigenvalue weighted by Crippen LogP contribution is 2.42. The first-order chi connectivity index (χ1) is 8.94. The van der Waals surface area contributed by atoms with E-state index in [-0.39, 0.29) is 0 Å². The molecule has 0 aromatic carbocycles. The fraction of sp³-hybridized carbons (Fsp3) is 1.00. The second kappa shape index (κ2) is 6.49. The molecule has 0 unspecified atom stereocenters. The van der Waals surface area contributed by atoms with Gasteiger partial charge in [0.15, 0.2) is 0 Å². The van der Waals surface area contributed by atoms with E-state index in [1.807, 2.05) is 0 Å². The monoisotopic (exact) mass is 276 g/mol. The molecule has 2 saturated carbocycles. The second-order valence-electron chi connectivity index (χ2n) is 6.95. The molecule has 0 saturated heterocycles. The summed E-state index contributed by atoms with van der Waals surface area (Å²) >= 11 is 0. The normalized spacial score (nSPS) is 37.3. The summed E-state index contributed by atoms with van der Waals surface area (Å²) in [6.07, 6.45) is 5.69. The lowest BCUT2D eigenvalue weighted by molar-refractivity contribution is -0.138. The van der Waals surface area contributed by atoms with Gasteiger partial charge >= 0.3 is 6.18 Å². The minimum atomic E-state index is -3.96. The van der Waals surface area contributed by atoms with Gasteiger partial charge in [-0.25, -0.2) is 0 Å². The van der Waals surface area contributed by atoms with Crippen LogP contribution in [0, 0.1) is 23.7 Å². The number of hydrogen-bond donors (Lipinski definition) is 0. The van der Waals surface area contributed by atoms with Crippen molar-refractivity contribution in [2.45, 2.75) is 77.3 Å². The Morgan fingerprint density at radius 1 is 0.789 bits per heavy atom. The predicted octanol–water partition coefficient (Wildman–Crippen LogP) is 5.96. The third-order valence-corrected chi connectivity index (χ3v) is 5.45. The number of alkyl halides is 3. The van der Waals surface area contributed by atoms with Gasteiger partial charge in [0.2, 0.25) is 0 Å². The molecule has 0 bridgehead atoms. The maximum Gasteiger partial charge on any atom is 0.389 e. The van der Waals surface area contributed by atoms with E-state index in [1.54, 1.807) is 0 Å². The van der Waals surface area contributed by atoms with E-state index < -0.39 is 12.6 Å². The van der Waals surface area contributed by atoms with Crippen molar-refractivity contribution in [1.29, 1.82) is 0 Å². The number of halogens is 3. The molecule has 0 N–H and O–H groups in total. The van der Waals surface area contributed by atoms with Gasteiger partial charge in [0, 0.05) is 6.42 Å². The minimum Gasteiger partial charge on any atom is -0.171 e. The second-order valence-corrected chi connectivity index (χ2v) is 6.95. The Morgan fingerprint density at radius 3 is 1.74 bits per heavy atom. The van der Waals surface area contributed by atoms with Crippen molar-refractivity contribution in [1.82, 2.24) is 0 Å². The molecule has 19 heavy (non-hydrogen) atoms. The summed E-state index contributed by atoms with van der Waals surface area (Å²) in [5.41, 5.74) is 0. The van der Waals surface area contributed by atoms with Crippen LogP contribution in [0.3, 0.4) is 0 Å². The van der Waals surface area contributed by atoms with Crippen molar-refractivity contribution in [3.8, 4) is 0 Å². The van der Waals surface area contributed by atoms with Crippen LogP contribution in [0.5, 0.6) is 0 Å². The van der Waals surface area contributed by atoms with Crippen LogP contribution < -0.4 is 0 Å². The van der Waals surface area contributed by atoms with Gasteiger partial charge in [-0.2, -0.15) is 13.2 Å². The van der Waals surface area contributed by atoms with Crippen LogP contribution in [0.4, 0.5) is 13.2 Å². The zero-order valence-corrected chi connectivity index (χ0v) is 12.0. The summed E-state index contributed by atoms with van der Waals surface area (Å²) < 4.78 is 36.6. The summed E-state index contributed by atoms with van der Waals surface area (Å²) in [5.74, 6) is 2.91. The summed E-state index contributed by atoms with van der Waals surface area (Å²) in [4.78, 5) is 0. The van der Waals surface area contributed by atoms with Crippen LogP contribution in [-0.2, 0) is 0 Å². The molecular weight excluding hydrogens is 249 g/mol. The quantitative estimate of drug-likeness (QED) is 0.596. The smallest absolute Gasteiger partial charge is 0.171 e. The molecule has 0 spiro atoms. The summed E-state index contributed by atoms with van der Waals surface area (Å²) in [5, 5.41) is 0. The van der Waals surface area contributed by atoms with Crippen LogP contribution >= 0.6 is 0 Å². The van der Waals surface area contributed by atoms with Crippen LogP contribution in [-0.4, -0.2) is 6.18 Å². The number of hydrogen-bond acceptors (Lipinski definition) is 0. The van der Waals surface area contributed by atoms with Gasteiger partial charge in [-0.3, -0.25) is 0 Å². The maximum atomic E-state index is 12.2. The largest absolute Gasteiger partial charge is 0.389 e. The fourth-order valence-corrected chi connectivity index (χ4v) is 4.07. The Bertz CT molecular complexity index is 256. The van der Waals surface area contributed by atoms with Crippen molar-refractivity contribution in [3.63, 3.8) is 0 Å². The van der Waals surface area contributed by atoms with E-state index in [2.05, 4.69) is 6.92 Å². The molecule has 112 valence electrons. The van der Waals surface area contributed by atoms with E-state index >= 15 is 0 Å². The molecule has 0 radical (unpaired) electrons. The Balaban J connectivity index is 1.67. The Labute approximate surface area is 115 Å². The fourth-order valence-electron chi connectivity index (χ4n) is 4.07. The van der Waals surface area contributed by atoms with Gasteiger partial charge in [-0.05, 0) is 55.8 Å². The Kier molecular flexibility index (Phi) is 5.19. The highest BCUT2D eigenvalue weighted by Gasteiger charge is 2.32. The van der Waals surface area contributed by atoms with E-state index in [1.165, 1.54) is 38.5 Å². The van der Waals surface area contributed by atoms with Crippen molar-refractivity contribution in [2.75, 3.05) is 0 Å². The van der Waals surface area contributed by atoms with Gasteiger partial charge in [-0.1, -0.05) is 32.6 Å². The lowest BCUT2D eigenvalue weighted by atomic mass is 9.69. The van der Waals surface area contributed by atoms with Crippen LogP contribution in [0.1, 0.15) is 71.1 Å². The van der Waals surface area contributed by atoms with Crippen LogP contribution in [0.15, 0.2) is 0 Å². The van der Waals surface area contributed by atoms with E-state index in [0.29, 0.717) is 12.3 Å². The third kappa shape index (κ3) is 5.00. The molecule has 0 heterocycles. The summed E-state index contributed by atoms with van der Waals surface area (Å²) in [6, 6.07) is 0. The maximum absolute atomic E-state index is 12.2. The molecule has 2 rings (SSSR count). The molecule has 0 aromatic rings. The average molecular weight is 276 g/mol. The lowest BCUT2D eigenvalue weighted by Crippen LogP contribution is -2.25. The average Bonchev–Trinajstić information content (AvgIpc) is 2.37. The Hall–Kier alpha value is -0.210. The van der Waals surface area contributed by atoms with Crippen molar-refractivity contribution in [2.24, 2.45) is 23.7 Å². The zero-order valence-electron chi connectivity index (χ0n) is 12.0. The first kappa shape index (κ1) is 15.2. The SMILES string of the molecule is C[C@H]1CC[C@H]([C@H]2CC[C@H](CCC(F)(F)F)CC2)CC1. The molecule has 0 amide bonds. The highest BCUT2D eigenvalue weighted by molar-refractivity contribution is 4.81. The zero-order chi connectivity index (χ0) is 13.9. The summed E-state index contributed by atoms with van der Waals surface area (Å²) in [6.45, 7) is 2.34. The molecular formula is C16H27F3. The summed E-state index contributed by atoms with van der Waals surface area (Å²) in [7, 11) is 0. The van der Waals surface area contributed by atoms with E-state index in [4.69, 9.17) is 0 Å². The van der Waals surface area contributed by atoms with Gasteiger partial charge in [0.1, 0.15) is 0 Å². The number of rotatable bonds is 3. The van der Waals surface area contributed by atoms with Crippen LogP contribution in [0.2, 0.25) is 0 Å². The van der Waals surface area contributed by atoms with Gasteiger partial charge in [0.05, 0.1) is 0 Å². The first-order valence-electron chi connectivity index (χ1n) is 8.01. The molecule has 2 aliphatic rings. The highest BCUT2D eigenvalue weighted by atomic mass is 19.4. The minimum absolute atomic E-state index is 0.334. The van der Waals surface area contributed by atoms with Crippen molar-refractivity contribution in [3.05, 3.63) is 0 Å². The van der Waals surface area contributed by atoms with Crippen molar-refractivity contribution < 1.29 is 13.2 Å². The predicted molar refractivity (Wildman–Crippen MR) is 71.9 cm³/mol. The molecule has 2 fully saturated rings. The molecule has 0 atom stereocenters. The van der Waals surface area contributed by atoms with Crippen LogP contribution in [0.25, 0.3) is 0 Å². The molecule has 0 aromatic heterocycles. The Morgan fingerprint density at radius 2 is 1.26 bits per heavy atom.